The van der Waals surface area contributed by atoms with Crippen molar-refractivity contribution in [3.05, 3.63) is 0 Å². The summed E-state index contributed by atoms with van der Waals surface area (Å²) in [6.45, 7) is 4.82. The normalized spacial score (nSPS) is 19.0. The molecule has 1 aliphatic rings. The minimum atomic E-state index is 0.00909. The Bertz CT molecular complexity index is 192. The molecule has 0 unspecified atom stereocenters. The first-order valence-electron chi connectivity index (χ1n) is 6.66. The van der Waals surface area contributed by atoms with Gasteiger partial charge in [0.25, 0.3) is 0 Å². The summed E-state index contributed by atoms with van der Waals surface area (Å²) >= 11 is 0. The molecule has 5 nitrogen and oxygen atoms in total. The summed E-state index contributed by atoms with van der Waals surface area (Å²) in [4.78, 5) is 0. The third-order valence-electron chi connectivity index (χ3n) is 3.47. The molecule has 5 heteroatoms. The van der Waals surface area contributed by atoms with Crippen LogP contribution in [0.3, 0.4) is 0 Å². The maximum Gasteiger partial charge on any atom is 0.0701 e. The number of hydrogen-bond acceptors (Lipinski definition) is 5. The molecule has 0 spiro atoms. The lowest BCUT2D eigenvalue weighted by molar-refractivity contribution is -0.0403. The lowest BCUT2D eigenvalue weighted by atomic mass is 9.78. The molecular formula is C13H26O5. The fourth-order valence-corrected chi connectivity index (χ4v) is 2.04. The topological polar surface area (TPSA) is 57.2 Å². The van der Waals surface area contributed by atoms with E-state index in [1.165, 1.54) is 0 Å². The highest BCUT2D eigenvalue weighted by molar-refractivity contribution is 4.80. The van der Waals surface area contributed by atoms with Gasteiger partial charge in [0.1, 0.15) is 0 Å². The Hall–Kier alpha value is -0.200. The first-order valence-corrected chi connectivity index (χ1v) is 6.66. The lowest BCUT2D eigenvalue weighted by Gasteiger charge is -2.35. The quantitative estimate of drug-likeness (QED) is 0.591. The number of aliphatic hydroxyl groups excluding tert-OH is 1. The van der Waals surface area contributed by atoms with Gasteiger partial charge in [-0.05, 0) is 19.3 Å². The number of methoxy groups -OCH3 is 1. The molecule has 1 heterocycles. The Labute approximate surface area is 109 Å². The third-order valence-corrected chi connectivity index (χ3v) is 3.47. The Morgan fingerprint density at radius 1 is 1.00 bits per heavy atom. The molecule has 0 bridgehead atoms. The largest absolute Gasteiger partial charge is 0.396 e. The van der Waals surface area contributed by atoms with Crippen LogP contribution in [0.5, 0.6) is 0 Å². The predicted molar refractivity (Wildman–Crippen MR) is 67.7 cm³/mol. The number of aliphatic hydroxyl groups is 1. The summed E-state index contributed by atoms with van der Waals surface area (Å²) in [5.41, 5.74) is 0.00909. The van der Waals surface area contributed by atoms with Crippen LogP contribution in [0.15, 0.2) is 0 Å². The fraction of sp³-hybridized carbons (Fsp3) is 1.00. The molecule has 0 aliphatic carbocycles. The molecule has 0 saturated carbocycles. The monoisotopic (exact) mass is 262 g/mol. The zero-order chi connectivity index (χ0) is 13.1. The van der Waals surface area contributed by atoms with Crippen LogP contribution in [0.1, 0.15) is 19.3 Å². The summed E-state index contributed by atoms with van der Waals surface area (Å²) in [5.74, 6) is 0. The molecule has 108 valence electrons. The van der Waals surface area contributed by atoms with E-state index in [9.17, 15) is 5.11 Å². The van der Waals surface area contributed by atoms with E-state index in [0.29, 0.717) is 33.0 Å². The Balaban J connectivity index is 1.98. The van der Waals surface area contributed by atoms with Gasteiger partial charge in [-0.3, -0.25) is 0 Å². The van der Waals surface area contributed by atoms with Crippen LogP contribution >= 0.6 is 0 Å². The Kier molecular flexibility index (Phi) is 8.54. The van der Waals surface area contributed by atoms with Crippen molar-refractivity contribution in [2.75, 3.05) is 60.0 Å². The summed E-state index contributed by atoms with van der Waals surface area (Å²) in [5, 5.41) is 9.49. The van der Waals surface area contributed by atoms with Crippen LogP contribution in [-0.4, -0.2) is 65.1 Å². The molecular weight excluding hydrogens is 236 g/mol. The highest BCUT2D eigenvalue weighted by atomic mass is 16.5. The average Bonchev–Trinajstić information content (AvgIpc) is 2.43. The van der Waals surface area contributed by atoms with Gasteiger partial charge in [-0.25, -0.2) is 0 Å². The van der Waals surface area contributed by atoms with E-state index in [4.69, 9.17) is 18.9 Å². The maximum absolute atomic E-state index is 9.49. The number of hydrogen-bond donors (Lipinski definition) is 1. The second-order valence-electron chi connectivity index (χ2n) is 4.74. The summed E-state index contributed by atoms with van der Waals surface area (Å²) in [6.07, 6.45) is 2.75. The van der Waals surface area contributed by atoms with E-state index in [-0.39, 0.29) is 12.0 Å². The van der Waals surface area contributed by atoms with Crippen LogP contribution in [0.25, 0.3) is 0 Å². The van der Waals surface area contributed by atoms with E-state index in [1.54, 1.807) is 7.11 Å². The zero-order valence-electron chi connectivity index (χ0n) is 11.4. The van der Waals surface area contributed by atoms with Crippen molar-refractivity contribution in [1.29, 1.82) is 0 Å². The van der Waals surface area contributed by atoms with Crippen molar-refractivity contribution in [1.82, 2.24) is 0 Å². The number of ether oxygens (including phenoxy) is 4. The van der Waals surface area contributed by atoms with Crippen molar-refractivity contribution in [2.24, 2.45) is 5.41 Å². The Morgan fingerprint density at radius 3 is 2.22 bits per heavy atom. The van der Waals surface area contributed by atoms with Gasteiger partial charge in [0.05, 0.1) is 26.4 Å². The molecule has 0 aromatic heterocycles. The van der Waals surface area contributed by atoms with Gasteiger partial charge in [-0.1, -0.05) is 0 Å². The van der Waals surface area contributed by atoms with E-state index in [1.807, 2.05) is 0 Å². The molecule has 0 aromatic rings. The summed E-state index contributed by atoms with van der Waals surface area (Å²) < 4.78 is 21.0. The van der Waals surface area contributed by atoms with Crippen molar-refractivity contribution < 1.29 is 24.1 Å². The standard InChI is InChI=1S/C13H26O5/c1-15-8-9-18-11-10-17-7-4-13(12-14)2-5-16-6-3-13/h14H,2-12H2,1H3. The Morgan fingerprint density at radius 2 is 1.61 bits per heavy atom. The fourth-order valence-electron chi connectivity index (χ4n) is 2.04. The van der Waals surface area contributed by atoms with Gasteiger partial charge in [0, 0.05) is 39.0 Å². The van der Waals surface area contributed by atoms with E-state index in [0.717, 1.165) is 32.5 Å². The minimum absolute atomic E-state index is 0.00909. The van der Waals surface area contributed by atoms with Gasteiger partial charge >= 0.3 is 0 Å². The molecule has 0 radical (unpaired) electrons. The van der Waals surface area contributed by atoms with E-state index < -0.39 is 0 Å². The average molecular weight is 262 g/mol. The van der Waals surface area contributed by atoms with Gasteiger partial charge in [0.2, 0.25) is 0 Å². The number of rotatable bonds is 10. The molecule has 18 heavy (non-hydrogen) atoms. The van der Waals surface area contributed by atoms with Crippen LogP contribution in [0, 0.1) is 5.41 Å². The third kappa shape index (κ3) is 6.11. The summed E-state index contributed by atoms with van der Waals surface area (Å²) in [6, 6.07) is 0. The maximum atomic E-state index is 9.49. The van der Waals surface area contributed by atoms with Gasteiger partial charge in [-0.2, -0.15) is 0 Å². The van der Waals surface area contributed by atoms with Crippen LogP contribution in [0.2, 0.25) is 0 Å². The van der Waals surface area contributed by atoms with E-state index in [2.05, 4.69) is 0 Å². The molecule has 0 atom stereocenters. The SMILES string of the molecule is COCCOCCOCCC1(CO)CCOCC1. The van der Waals surface area contributed by atoms with Crippen LogP contribution < -0.4 is 0 Å². The molecule has 1 N–H and O–H groups in total. The van der Waals surface area contributed by atoms with E-state index >= 15 is 0 Å². The van der Waals surface area contributed by atoms with Crippen molar-refractivity contribution in [2.45, 2.75) is 19.3 Å². The summed E-state index contributed by atoms with van der Waals surface area (Å²) in [7, 11) is 1.65. The molecule has 1 rings (SSSR count). The second-order valence-corrected chi connectivity index (χ2v) is 4.74. The smallest absolute Gasteiger partial charge is 0.0701 e. The lowest BCUT2D eigenvalue weighted by Crippen LogP contribution is -2.34. The van der Waals surface area contributed by atoms with Crippen molar-refractivity contribution >= 4 is 0 Å². The molecule has 1 fully saturated rings. The highest BCUT2D eigenvalue weighted by Crippen LogP contribution is 2.33. The molecule has 0 amide bonds. The predicted octanol–water partition coefficient (Wildman–Crippen LogP) is 0.845. The van der Waals surface area contributed by atoms with Gasteiger partial charge in [-0.15, -0.1) is 0 Å². The van der Waals surface area contributed by atoms with Crippen molar-refractivity contribution in [3.8, 4) is 0 Å². The molecule has 1 saturated heterocycles. The first kappa shape index (κ1) is 15.9. The first-order chi connectivity index (χ1) is 8.83. The minimum Gasteiger partial charge on any atom is -0.396 e. The van der Waals surface area contributed by atoms with Crippen LogP contribution in [-0.2, 0) is 18.9 Å². The van der Waals surface area contributed by atoms with Crippen molar-refractivity contribution in [3.63, 3.8) is 0 Å². The second kappa shape index (κ2) is 9.69. The van der Waals surface area contributed by atoms with Gasteiger partial charge < -0.3 is 24.1 Å². The molecule has 1 aliphatic heterocycles. The molecule has 0 aromatic carbocycles. The highest BCUT2D eigenvalue weighted by Gasteiger charge is 2.31. The van der Waals surface area contributed by atoms with Crippen LogP contribution in [0.4, 0.5) is 0 Å². The zero-order valence-corrected chi connectivity index (χ0v) is 11.4. The van der Waals surface area contributed by atoms with Gasteiger partial charge in [0.15, 0.2) is 0 Å².